The fraction of sp³-hybridized carbons (Fsp3) is 0.639. The summed E-state index contributed by atoms with van der Waals surface area (Å²) in [6, 6.07) is 4.88. The third-order valence-corrected chi connectivity index (χ3v) is 12.5. The molecule has 1 N–H and O–H groups in total. The van der Waals surface area contributed by atoms with Crippen molar-refractivity contribution < 1.29 is 32.2 Å². The van der Waals surface area contributed by atoms with E-state index in [0.29, 0.717) is 50.3 Å². The van der Waals surface area contributed by atoms with Crippen LogP contribution in [-0.2, 0) is 29.0 Å². The second kappa shape index (κ2) is 14.3. The van der Waals surface area contributed by atoms with Crippen molar-refractivity contribution in [3.63, 3.8) is 0 Å². The zero-order valence-corrected chi connectivity index (χ0v) is 30.2. The van der Waals surface area contributed by atoms with Crippen LogP contribution >= 0.6 is 11.6 Å². The molecule has 1 fully saturated rings. The number of fused-ring (bicyclic) bond motifs is 3. The minimum absolute atomic E-state index is 0.00368. The molecule has 1 unspecified atom stereocenters. The molecule has 6 rings (SSSR count). The van der Waals surface area contributed by atoms with Crippen molar-refractivity contribution in [3.8, 4) is 5.75 Å². The molecule has 3 aliphatic heterocycles. The van der Waals surface area contributed by atoms with Crippen molar-refractivity contribution in [1.82, 2.24) is 9.62 Å². The van der Waals surface area contributed by atoms with Gasteiger partial charge in [-0.2, -0.15) is 0 Å². The fourth-order valence-corrected chi connectivity index (χ4v) is 8.92. The zero-order chi connectivity index (χ0) is 34.1. The summed E-state index contributed by atoms with van der Waals surface area (Å²) in [7, 11) is -4.20. The number of anilines is 1. The molecule has 3 heterocycles. The van der Waals surface area contributed by atoms with Crippen LogP contribution < -0.4 is 14.4 Å². The second-order valence-electron chi connectivity index (χ2n) is 14.2. The second-order valence-corrected chi connectivity index (χ2v) is 16.3. The Balaban J connectivity index is 1.38. The largest absolute Gasteiger partial charge is 0.494 e. The van der Waals surface area contributed by atoms with E-state index in [1.165, 1.54) is 11.6 Å². The van der Waals surface area contributed by atoms with Crippen LogP contribution in [0.3, 0.4) is 0 Å². The number of rotatable bonds is 6. The molecule has 0 radical (unpaired) electrons. The van der Waals surface area contributed by atoms with Gasteiger partial charge < -0.3 is 28.7 Å². The lowest BCUT2D eigenvalue weighted by atomic mass is 9.69. The average molecular weight is 704 g/mol. The van der Waals surface area contributed by atoms with E-state index >= 15 is 0 Å². The van der Waals surface area contributed by atoms with Gasteiger partial charge in [-0.05, 0) is 101 Å². The zero-order valence-electron chi connectivity index (χ0n) is 28.6. The number of ether oxygens (including phenoxy) is 4. The van der Waals surface area contributed by atoms with Crippen LogP contribution in [0.5, 0.6) is 5.75 Å². The predicted molar refractivity (Wildman–Crippen MR) is 186 cm³/mol. The first-order valence-corrected chi connectivity index (χ1v) is 19.3. The molecule has 10 nitrogen and oxygen atoms in total. The molecule has 12 heteroatoms. The number of carbonyl (C=O) groups is 1. The van der Waals surface area contributed by atoms with E-state index in [9.17, 15) is 13.2 Å². The van der Waals surface area contributed by atoms with E-state index in [-0.39, 0.29) is 28.9 Å². The van der Waals surface area contributed by atoms with Crippen molar-refractivity contribution in [2.24, 2.45) is 17.3 Å². The Hall–Kier alpha value is -2.57. The maximum Gasteiger partial charge on any atom is 0.265 e. The molecule has 48 heavy (non-hydrogen) atoms. The van der Waals surface area contributed by atoms with Crippen molar-refractivity contribution in [3.05, 3.63) is 52.8 Å². The fourth-order valence-electron chi connectivity index (χ4n) is 7.61. The highest BCUT2D eigenvalue weighted by molar-refractivity contribution is 7.90. The number of nitrogens with one attached hydrogen (secondary N) is 1. The Labute approximate surface area is 290 Å². The van der Waals surface area contributed by atoms with Gasteiger partial charge in [0.2, 0.25) is 0 Å². The molecule has 1 amide bonds. The van der Waals surface area contributed by atoms with Crippen LogP contribution in [0.4, 0.5) is 5.69 Å². The summed E-state index contributed by atoms with van der Waals surface area (Å²) in [5, 5.41) is 0.788. The van der Waals surface area contributed by atoms with Gasteiger partial charge in [0.05, 0.1) is 43.1 Å². The standard InChI is InChI=1S/C36H50ClN3O7S/c1-5-39(6-2)16-19-45-31-8-7-17-47-35(3,4)34(41)38-48(42,43)27-11-14-32-30(21-27)40(22-25-9-12-28(25)31)23-36(24-46-32)15-18-44-33-20-26(37)10-13-29(33)36/h7-8,11,14,20-21,25,28,31H,5-6,9-10,12-13,15-19,22-24H2,1-4H3,(H,38,41)/b8-7+/t25-,28?,31-,36-/m0/s1. The van der Waals surface area contributed by atoms with E-state index < -0.39 is 21.5 Å². The van der Waals surface area contributed by atoms with Crippen molar-refractivity contribution in [2.75, 3.05) is 64.1 Å². The molecular weight excluding hydrogens is 654 g/mol. The van der Waals surface area contributed by atoms with Crippen LogP contribution in [0, 0.1) is 17.3 Å². The summed E-state index contributed by atoms with van der Waals surface area (Å²) in [5.41, 5.74) is 0.217. The molecule has 1 aromatic carbocycles. The van der Waals surface area contributed by atoms with Crippen LogP contribution in [-0.4, -0.2) is 90.1 Å². The molecule has 1 saturated carbocycles. The summed E-state index contributed by atoms with van der Waals surface area (Å²) in [5.74, 6) is 1.32. The predicted octanol–water partition coefficient (Wildman–Crippen LogP) is 5.39. The highest BCUT2D eigenvalue weighted by atomic mass is 35.5. The molecule has 2 bridgehead atoms. The van der Waals surface area contributed by atoms with Gasteiger partial charge in [0.25, 0.3) is 15.9 Å². The minimum atomic E-state index is -4.20. The SMILES string of the molecule is CCN(CC)CCO[C@H]1/C=C/COC(C)(C)C(=O)NS(=O)(=O)c2ccc3c(c2)N(C[C@@H]2CCC21)C[C@@]1(CCOC2=C1CCC(Cl)=C2)CO3. The Morgan fingerprint density at radius 2 is 1.96 bits per heavy atom. The molecule has 0 saturated heterocycles. The number of hydrogen-bond donors (Lipinski definition) is 1. The van der Waals surface area contributed by atoms with Crippen LogP contribution in [0.1, 0.15) is 59.8 Å². The van der Waals surface area contributed by atoms with Crippen molar-refractivity contribution in [1.29, 1.82) is 0 Å². The number of nitrogens with zero attached hydrogens (tertiary/aromatic N) is 2. The number of allylic oxidation sites excluding steroid dienone is 2. The number of hydrogen-bond acceptors (Lipinski definition) is 9. The Bertz CT molecular complexity index is 1570. The van der Waals surface area contributed by atoms with Crippen LogP contribution in [0.15, 0.2) is 57.7 Å². The molecule has 4 atom stereocenters. The summed E-state index contributed by atoms with van der Waals surface area (Å²) in [4.78, 5) is 17.9. The van der Waals surface area contributed by atoms with E-state index in [2.05, 4.69) is 34.4 Å². The molecular formula is C36H50ClN3O7S. The van der Waals surface area contributed by atoms with Gasteiger partial charge in [-0.1, -0.05) is 37.6 Å². The van der Waals surface area contributed by atoms with E-state index in [1.807, 2.05) is 12.2 Å². The first-order chi connectivity index (χ1) is 22.9. The average Bonchev–Trinajstić information content (AvgIpc) is 3.19. The highest BCUT2D eigenvalue weighted by Crippen LogP contribution is 2.50. The van der Waals surface area contributed by atoms with Crippen molar-refractivity contribution in [2.45, 2.75) is 76.4 Å². The molecule has 1 aromatic rings. The van der Waals surface area contributed by atoms with Gasteiger partial charge in [-0.25, -0.2) is 13.1 Å². The summed E-state index contributed by atoms with van der Waals surface area (Å²) in [6.07, 6.45) is 10.2. The lowest BCUT2D eigenvalue weighted by molar-refractivity contribution is -0.139. The summed E-state index contributed by atoms with van der Waals surface area (Å²) >= 11 is 6.45. The molecule has 0 aromatic heterocycles. The van der Waals surface area contributed by atoms with E-state index in [1.54, 1.807) is 26.0 Å². The van der Waals surface area contributed by atoms with Crippen LogP contribution in [0.25, 0.3) is 0 Å². The third kappa shape index (κ3) is 7.31. The molecule has 1 spiro atoms. The van der Waals surface area contributed by atoms with Gasteiger partial charge in [-0.3, -0.25) is 4.79 Å². The Kier molecular flexibility index (Phi) is 10.5. The van der Waals surface area contributed by atoms with E-state index in [0.717, 1.165) is 62.5 Å². The van der Waals surface area contributed by atoms with Gasteiger partial charge in [0.1, 0.15) is 17.1 Å². The monoisotopic (exact) mass is 703 g/mol. The number of carbonyl (C=O) groups excluding carboxylic acids is 1. The van der Waals surface area contributed by atoms with Crippen molar-refractivity contribution >= 4 is 33.2 Å². The van der Waals surface area contributed by atoms with Gasteiger partial charge in [-0.15, -0.1) is 0 Å². The number of likely N-dealkylation sites (N-methyl/N-ethyl adjacent to an activating group) is 1. The first-order valence-electron chi connectivity index (χ1n) is 17.4. The summed E-state index contributed by atoms with van der Waals surface area (Å²) in [6.45, 7) is 13.4. The minimum Gasteiger partial charge on any atom is -0.494 e. The number of benzene rings is 1. The Morgan fingerprint density at radius 3 is 2.71 bits per heavy atom. The smallest absolute Gasteiger partial charge is 0.265 e. The highest BCUT2D eigenvalue weighted by Gasteiger charge is 2.46. The van der Waals surface area contributed by atoms with Gasteiger partial charge >= 0.3 is 0 Å². The molecule has 2 aliphatic carbocycles. The maximum atomic E-state index is 13.6. The summed E-state index contributed by atoms with van der Waals surface area (Å²) < 4.78 is 54.7. The molecule has 264 valence electrons. The van der Waals surface area contributed by atoms with Gasteiger partial charge in [0, 0.05) is 30.1 Å². The lowest BCUT2D eigenvalue weighted by Gasteiger charge is -2.46. The quantitative estimate of drug-likeness (QED) is 0.391. The van der Waals surface area contributed by atoms with Gasteiger partial charge in [0.15, 0.2) is 0 Å². The van der Waals surface area contributed by atoms with Crippen LogP contribution in [0.2, 0.25) is 0 Å². The Morgan fingerprint density at radius 1 is 1.15 bits per heavy atom. The number of halogens is 1. The first kappa shape index (κ1) is 35.3. The number of amides is 1. The van der Waals surface area contributed by atoms with E-state index in [4.69, 9.17) is 30.5 Å². The molecule has 5 aliphatic rings. The number of sulfonamides is 1. The topological polar surface area (TPSA) is 107 Å². The lowest BCUT2D eigenvalue weighted by Crippen LogP contribution is -2.49. The normalized spacial score (nSPS) is 30.5. The maximum absolute atomic E-state index is 13.6. The third-order valence-electron chi connectivity index (χ3n) is 10.9.